The van der Waals surface area contributed by atoms with Gasteiger partial charge in [0.1, 0.15) is 5.75 Å². The van der Waals surface area contributed by atoms with Crippen LogP contribution in [0.15, 0.2) is 24.3 Å². The summed E-state index contributed by atoms with van der Waals surface area (Å²) in [5.41, 5.74) is 1.34. The second-order valence-electron chi connectivity index (χ2n) is 5.20. The van der Waals surface area contributed by atoms with Crippen LogP contribution in [0.2, 0.25) is 0 Å². The second kappa shape index (κ2) is 7.20. The highest BCUT2D eigenvalue weighted by atomic mass is 32.2. The standard InChI is InChI=1S/C16H25NOS/c1-4-18-14-10-8-13(9-11-14)12(2)17-15-6-5-7-16(15)19-3/h8-12,15-17H,4-7H2,1-3H3. The average Bonchev–Trinajstić information content (AvgIpc) is 2.87. The lowest BCUT2D eigenvalue weighted by atomic mass is 10.1. The van der Waals surface area contributed by atoms with Crippen LogP contribution in [0.5, 0.6) is 5.75 Å². The number of ether oxygens (including phenoxy) is 1. The van der Waals surface area contributed by atoms with Gasteiger partial charge in [0.15, 0.2) is 0 Å². The second-order valence-corrected chi connectivity index (χ2v) is 6.28. The number of nitrogens with one attached hydrogen (secondary N) is 1. The first kappa shape index (κ1) is 14.7. The smallest absolute Gasteiger partial charge is 0.119 e. The van der Waals surface area contributed by atoms with Gasteiger partial charge in [-0.25, -0.2) is 0 Å². The Bertz CT molecular complexity index is 379. The SMILES string of the molecule is CCOc1ccc(C(C)NC2CCCC2SC)cc1. The van der Waals surface area contributed by atoms with E-state index in [1.54, 1.807) is 0 Å². The molecule has 2 rings (SSSR count). The maximum atomic E-state index is 5.48. The molecule has 1 N–H and O–H groups in total. The topological polar surface area (TPSA) is 21.3 Å². The van der Waals surface area contributed by atoms with E-state index in [0.29, 0.717) is 12.1 Å². The van der Waals surface area contributed by atoms with Gasteiger partial charge < -0.3 is 10.1 Å². The third-order valence-corrected chi connectivity index (χ3v) is 5.08. The highest BCUT2D eigenvalue weighted by Gasteiger charge is 2.27. The lowest BCUT2D eigenvalue weighted by Crippen LogP contribution is -2.35. The van der Waals surface area contributed by atoms with E-state index in [-0.39, 0.29) is 0 Å². The van der Waals surface area contributed by atoms with Gasteiger partial charge in [-0.15, -0.1) is 0 Å². The van der Waals surface area contributed by atoms with Crippen LogP contribution in [0.4, 0.5) is 0 Å². The van der Waals surface area contributed by atoms with Gasteiger partial charge in [0, 0.05) is 17.3 Å². The normalized spacial score (nSPS) is 24.4. The summed E-state index contributed by atoms with van der Waals surface area (Å²) in [6.45, 7) is 5.00. The van der Waals surface area contributed by atoms with E-state index >= 15 is 0 Å². The van der Waals surface area contributed by atoms with Crippen LogP contribution >= 0.6 is 11.8 Å². The summed E-state index contributed by atoms with van der Waals surface area (Å²) in [6.07, 6.45) is 6.26. The fourth-order valence-corrected chi connectivity index (χ4v) is 3.78. The van der Waals surface area contributed by atoms with Gasteiger partial charge in [-0.05, 0) is 50.6 Å². The van der Waals surface area contributed by atoms with Crippen LogP contribution in [0.3, 0.4) is 0 Å². The quantitative estimate of drug-likeness (QED) is 0.850. The molecule has 3 heteroatoms. The average molecular weight is 279 g/mol. The first-order valence-corrected chi connectivity index (χ1v) is 8.55. The first-order chi connectivity index (χ1) is 9.24. The summed E-state index contributed by atoms with van der Waals surface area (Å²) >= 11 is 2.00. The molecule has 2 nitrogen and oxygen atoms in total. The Kier molecular flexibility index (Phi) is 5.59. The number of rotatable bonds is 6. The number of thioether (sulfide) groups is 1. The van der Waals surface area contributed by atoms with E-state index in [0.717, 1.165) is 17.6 Å². The fourth-order valence-electron chi connectivity index (χ4n) is 2.84. The summed E-state index contributed by atoms with van der Waals surface area (Å²) in [7, 11) is 0. The molecule has 1 fully saturated rings. The van der Waals surface area contributed by atoms with Crippen molar-refractivity contribution < 1.29 is 4.74 Å². The van der Waals surface area contributed by atoms with Gasteiger partial charge in [-0.3, -0.25) is 0 Å². The van der Waals surface area contributed by atoms with Crippen LogP contribution in [-0.2, 0) is 0 Å². The summed E-state index contributed by atoms with van der Waals surface area (Å²) in [4.78, 5) is 0. The highest BCUT2D eigenvalue weighted by Crippen LogP contribution is 2.30. The van der Waals surface area contributed by atoms with Crippen molar-refractivity contribution in [1.29, 1.82) is 0 Å². The summed E-state index contributed by atoms with van der Waals surface area (Å²) in [5, 5.41) is 4.57. The molecule has 0 amide bonds. The Labute approximate surface area is 121 Å². The van der Waals surface area contributed by atoms with E-state index in [4.69, 9.17) is 4.74 Å². The molecule has 19 heavy (non-hydrogen) atoms. The molecule has 106 valence electrons. The van der Waals surface area contributed by atoms with Gasteiger partial charge >= 0.3 is 0 Å². The minimum absolute atomic E-state index is 0.411. The van der Waals surface area contributed by atoms with E-state index in [1.165, 1.54) is 24.8 Å². The van der Waals surface area contributed by atoms with E-state index in [9.17, 15) is 0 Å². The van der Waals surface area contributed by atoms with Crippen molar-refractivity contribution in [2.75, 3.05) is 12.9 Å². The Morgan fingerprint density at radius 2 is 2.05 bits per heavy atom. The maximum absolute atomic E-state index is 5.48. The van der Waals surface area contributed by atoms with Crippen LogP contribution in [-0.4, -0.2) is 24.2 Å². The van der Waals surface area contributed by atoms with Crippen molar-refractivity contribution >= 4 is 11.8 Å². The lowest BCUT2D eigenvalue weighted by Gasteiger charge is -2.24. The molecule has 0 radical (unpaired) electrons. The van der Waals surface area contributed by atoms with Crippen LogP contribution in [0, 0.1) is 0 Å². The van der Waals surface area contributed by atoms with Crippen molar-refractivity contribution in [1.82, 2.24) is 5.32 Å². The summed E-state index contributed by atoms with van der Waals surface area (Å²) in [6, 6.07) is 9.55. The van der Waals surface area contributed by atoms with Crippen molar-refractivity contribution in [2.45, 2.75) is 50.4 Å². The number of hydrogen-bond acceptors (Lipinski definition) is 3. The number of hydrogen-bond donors (Lipinski definition) is 1. The molecule has 3 unspecified atom stereocenters. The first-order valence-electron chi connectivity index (χ1n) is 7.26. The van der Waals surface area contributed by atoms with Crippen LogP contribution < -0.4 is 10.1 Å². The minimum Gasteiger partial charge on any atom is -0.494 e. The zero-order valence-electron chi connectivity index (χ0n) is 12.2. The molecular formula is C16H25NOS. The lowest BCUT2D eigenvalue weighted by molar-refractivity contribution is 0.340. The predicted octanol–water partition coefficient (Wildman–Crippen LogP) is 4.02. The Balaban J connectivity index is 1.93. The van der Waals surface area contributed by atoms with Crippen molar-refractivity contribution in [2.24, 2.45) is 0 Å². The van der Waals surface area contributed by atoms with Crippen molar-refractivity contribution in [3.05, 3.63) is 29.8 Å². The Morgan fingerprint density at radius 3 is 2.68 bits per heavy atom. The monoisotopic (exact) mass is 279 g/mol. The molecule has 0 aromatic heterocycles. The van der Waals surface area contributed by atoms with Crippen molar-refractivity contribution in [3.8, 4) is 5.75 Å². The molecule has 1 saturated carbocycles. The molecule has 0 heterocycles. The zero-order valence-corrected chi connectivity index (χ0v) is 13.0. The molecule has 1 aromatic rings. The van der Waals surface area contributed by atoms with E-state index in [2.05, 4.69) is 42.8 Å². The molecule has 3 atom stereocenters. The van der Waals surface area contributed by atoms with Gasteiger partial charge in [0.05, 0.1) is 6.61 Å². The van der Waals surface area contributed by atoms with Gasteiger partial charge in [0.2, 0.25) is 0 Å². The fraction of sp³-hybridized carbons (Fsp3) is 0.625. The van der Waals surface area contributed by atoms with E-state index in [1.807, 2.05) is 18.7 Å². The van der Waals surface area contributed by atoms with Gasteiger partial charge in [0.25, 0.3) is 0 Å². The minimum atomic E-state index is 0.411. The largest absolute Gasteiger partial charge is 0.494 e. The van der Waals surface area contributed by atoms with Gasteiger partial charge in [-0.2, -0.15) is 11.8 Å². The Morgan fingerprint density at radius 1 is 1.32 bits per heavy atom. The molecule has 1 aliphatic rings. The van der Waals surface area contributed by atoms with Crippen molar-refractivity contribution in [3.63, 3.8) is 0 Å². The summed E-state index contributed by atoms with van der Waals surface area (Å²) in [5.74, 6) is 0.960. The maximum Gasteiger partial charge on any atom is 0.119 e. The third-order valence-electron chi connectivity index (χ3n) is 3.91. The van der Waals surface area contributed by atoms with Crippen LogP contribution in [0.1, 0.15) is 44.7 Å². The Hall–Kier alpha value is -0.670. The molecular weight excluding hydrogens is 254 g/mol. The predicted molar refractivity (Wildman–Crippen MR) is 84.1 cm³/mol. The van der Waals surface area contributed by atoms with Crippen LogP contribution in [0.25, 0.3) is 0 Å². The molecule has 0 spiro atoms. The molecule has 0 saturated heterocycles. The number of benzene rings is 1. The summed E-state index contributed by atoms with van der Waals surface area (Å²) < 4.78 is 5.48. The zero-order chi connectivity index (χ0) is 13.7. The van der Waals surface area contributed by atoms with Gasteiger partial charge in [-0.1, -0.05) is 18.6 Å². The molecule has 0 aliphatic heterocycles. The highest BCUT2D eigenvalue weighted by molar-refractivity contribution is 7.99. The third kappa shape index (κ3) is 3.90. The molecule has 1 aliphatic carbocycles. The molecule has 0 bridgehead atoms. The van der Waals surface area contributed by atoms with E-state index < -0.39 is 0 Å². The molecule has 1 aromatic carbocycles.